The second-order valence-electron chi connectivity index (χ2n) is 4.78. The number of halogens is 1. The van der Waals surface area contributed by atoms with Crippen molar-refractivity contribution in [2.24, 2.45) is 5.73 Å². The molecule has 2 nitrogen and oxygen atoms in total. The van der Waals surface area contributed by atoms with Crippen LogP contribution in [-0.2, 0) is 0 Å². The van der Waals surface area contributed by atoms with E-state index in [0.717, 1.165) is 25.9 Å². The number of thiocarbonyl (C=S) groups is 1. The summed E-state index contributed by atoms with van der Waals surface area (Å²) in [7, 11) is 0. The van der Waals surface area contributed by atoms with Gasteiger partial charge < -0.3 is 5.73 Å². The lowest BCUT2D eigenvalue weighted by Gasteiger charge is -2.30. The first-order valence-electron chi connectivity index (χ1n) is 6.48. The number of likely N-dealkylation sites (tertiary alicyclic amines) is 1. The van der Waals surface area contributed by atoms with Crippen LogP contribution < -0.4 is 5.73 Å². The van der Waals surface area contributed by atoms with E-state index in [4.69, 9.17) is 18.0 Å². The summed E-state index contributed by atoms with van der Waals surface area (Å²) in [5.41, 5.74) is 6.45. The highest BCUT2D eigenvalue weighted by Gasteiger charge is 2.25. The molecule has 1 aliphatic heterocycles. The van der Waals surface area contributed by atoms with E-state index in [1.165, 1.54) is 18.9 Å². The topological polar surface area (TPSA) is 29.3 Å². The predicted molar refractivity (Wildman–Crippen MR) is 76.0 cm³/mol. The Balaban J connectivity index is 2.27. The van der Waals surface area contributed by atoms with Crippen molar-refractivity contribution < 1.29 is 4.39 Å². The summed E-state index contributed by atoms with van der Waals surface area (Å²) in [5.74, 6) is -0.223. The molecule has 0 saturated carbocycles. The van der Waals surface area contributed by atoms with E-state index >= 15 is 0 Å². The summed E-state index contributed by atoms with van der Waals surface area (Å²) in [5, 5.41) is 0. The fourth-order valence-corrected chi connectivity index (χ4v) is 2.86. The van der Waals surface area contributed by atoms with E-state index in [9.17, 15) is 4.39 Å². The average Bonchev–Trinajstić information content (AvgIpc) is 2.60. The molecule has 0 aliphatic carbocycles. The van der Waals surface area contributed by atoms with Gasteiger partial charge in [0.15, 0.2) is 0 Å². The van der Waals surface area contributed by atoms with Gasteiger partial charge in [0, 0.05) is 5.56 Å². The molecule has 1 atom stereocenters. The van der Waals surface area contributed by atoms with E-state index in [1.54, 1.807) is 12.1 Å². The average molecular weight is 266 g/mol. The largest absolute Gasteiger partial charge is 0.392 e. The maximum absolute atomic E-state index is 13.9. The Kier molecular flexibility index (Phi) is 4.66. The minimum Gasteiger partial charge on any atom is -0.392 e. The van der Waals surface area contributed by atoms with Crippen LogP contribution in [0.4, 0.5) is 4.39 Å². The Hall–Kier alpha value is -1.00. The van der Waals surface area contributed by atoms with E-state index in [-0.39, 0.29) is 11.9 Å². The Morgan fingerprint density at radius 2 is 1.78 bits per heavy atom. The minimum atomic E-state index is -0.265. The lowest BCUT2D eigenvalue weighted by molar-refractivity contribution is 0.250. The van der Waals surface area contributed by atoms with Crippen molar-refractivity contribution in [1.29, 1.82) is 0 Å². The summed E-state index contributed by atoms with van der Waals surface area (Å²) >= 11 is 5.15. The molecule has 1 aromatic rings. The molecule has 0 radical (unpaired) electrons. The third-order valence-electron chi connectivity index (χ3n) is 3.48. The van der Waals surface area contributed by atoms with Gasteiger partial charge in [-0.3, -0.25) is 4.90 Å². The summed E-state index contributed by atoms with van der Waals surface area (Å²) < 4.78 is 13.9. The van der Waals surface area contributed by atoms with Crippen LogP contribution >= 0.6 is 12.2 Å². The normalized spacial score (nSPS) is 19.2. The molecule has 0 amide bonds. The summed E-state index contributed by atoms with van der Waals surface area (Å²) in [6.07, 6.45) is 4.73. The first-order chi connectivity index (χ1) is 8.70. The standard InChI is InChI=1S/C14H19FN2S/c15-12-8-4-3-7-11(12)13(14(16)18)17-9-5-1-2-6-10-17/h3-4,7-8,13H,1-2,5-6,9-10H2,(H2,16,18). The molecule has 18 heavy (non-hydrogen) atoms. The molecule has 2 N–H and O–H groups in total. The molecule has 0 aromatic heterocycles. The number of nitrogens with zero attached hydrogens (tertiary/aromatic N) is 1. The maximum atomic E-state index is 13.9. The van der Waals surface area contributed by atoms with Gasteiger partial charge in [-0.25, -0.2) is 4.39 Å². The molecule has 1 aliphatic rings. The highest BCUT2D eigenvalue weighted by Crippen LogP contribution is 2.26. The molecule has 4 heteroatoms. The van der Waals surface area contributed by atoms with Gasteiger partial charge in [0.25, 0.3) is 0 Å². The van der Waals surface area contributed by atoms with Crippen LogP contribution in [0, 0.1) is 5.82 Å². The molecule has 1 heterocycles. The highest BCUT2D eigenvalue weighted by molar-refractivity contribution is 7.80. The maximum Gasteiger partial charge on any atom is 0.128 e. The summed E-state index contributed by atoms with van der Waals surface area (Å²) in [4.78, 5) is 2.58. The second-order valence-corrected chi connectivity index (χ2v) is 5.25. The molecule has 1 unspecified atom stereocenters. The van der Waals surface area contributed by atoms with Gasteiger partial charge in [-0.05, 0) is 32.0 Å². The fraction of sp³-hybridized carbons (Fsp3) is 0.500. The predicted octanol–water partition coefficient (Wildman–Crippen LogP) is 3.03. The molecule has 1 fully saturated rings. The smallest absolute Gasteiger partial charge is 0.128 e. The third-order valence-corrected chi connectivity index (χ3v) is 3.70. The zero-order chi connectivity index (χ0) is 13.0. The zero-order valence-electron chi connectivity index (χ0n) is 10.4. The quantitative estimate of drug-likeness (QED) is 0.853. The van der Waals surface area contributed by atoms with Crippen LogP contribution in [0.3, 0.4) is 0 Å². The molecule has 1 saturated heterocycles. The lowest BCUT2D eigenvalue weighted by atomic mass is 10.0. The van der Waals surface area contributed by atoms with Crippen LogP contribution in [-0.4, -0.2) is 23.0 Å². The third kappa shape index (κ3) is 3.06. The molecular weight excluding hydrogens is 247 g/mol. The van der Waals surface area contributed by atoms with Crippen molar-refractivity contribution in [2.45, 2.75) is 31.7 Å². The van der Waals surface area contributed by atoms with Crippen molar-refractivity contribution >= 4 is 17.2 Å². The van der Waals surface area contributed by atoms with Gasteiger partial charge in [-0.15, -0.1) is 0 Å². The van der Waals surface area contributed by atoms with Crippen molar-refractivity contribution in [2.75, 3.05) is 13.1 Å². The van der Waals surface area contributed by atoms with Crippen LogP contribution in [0.5, 0.6) is 0 Å². The summed E-state index contributed by atoms with van der Waals surface area (Å²) in [6.45, 7) is 1.88. The Morgan fingerprint density at radius 3 is 2.33 bits per heavy atom. The first-order valence-corrected chi connectivity index (χ1v) is 6.89. The highest BCUT2D eigenvalue weighted by atomic mass is 32.1. The lowest BCUT2D eigenvalue weighted by Crippen LogP contribution is -2.38. The number of rotatable bonds is 3. The fourth-order valence-electron chi connectivity index (χ4n) is 2.58. The van der Waals surface area contributed by atoms with Gasteiger partial charge in [0.1, 0.15) is 5.82 Å². The number of benzene rings is 1. The van der Waals surface area contributed by atoms with Crippen molar-refractivity contribution in [3.05, 3.63) is 35.6 Å². The zero-order valence-corrected chi connectivity index (χ0v) is 11.3. The van der Waals surface area contributed by atoms with E-state index in [2.05, 4.69) is 4.90 Å². The molecule has 1 aromatic carbocycles. The van der Waals surface area contributed by atoms with Crippen LogP contribution in [0.25, 0.3) is 0 Å². The van der Waals surface area contributed by atoms with Crippen molar-refractivity contribution in [1.82, 2.24) is 4.90 Å². The van der Waals surface area contributed by atoms with Crippen LogP contribution in [0.1, 0.15) is 37.3 Å². The number of hydrogen-bond acceptors (Lipinski definition) is 2. The van der Waals surface area contributed by atoms with Gasteiger partial charge in [-0.2, -0.15) is 0 Å². The molecule has 0 bridgehead atoms. The van der Waals surface area contributed by atoms with Gasteiger partial charge in [-0.1, -0.05) is 43.3 Å². The minimum absolute atomic E-state index is 0.223. The second kappa shape index (κ2) is 6.25. The van der Waals surface area contributed by atoms with Crippen LogP contribution in [0.15, 0.2) is 24.3 Å². The Bertz CT molecular complexity index is 414. The summed E-state index contributed by atoms with van der Waals surface area (Å²) in [6, 6.07) is 6.52. The molecule has 2 rings (SSSR count). The van der Waals surface area contributed by atoms with Gasteiger partial charge in [0.05, 0.1) is 11.0 Å². The number of hydrogen-bond donors (Lipinski definition) is 1. The Labute approximate surface area is 113 Å². The SMILES string of the molecule is NC(=S)C(c1ccccc1F)N1CCCCCC1. The van der Waals surface area contributed by atoms with Crippen molar-refractivity contribution in [3.8, 4) is 0 Å². The van der Waals surface area contributed by atoms with Gasteiger partial charge in [0.2, 0.25) is 0 Å². The Morgan fingerprint density at radius 1 is 1.17 bits per heavy atom. The molecular formula is C14H19FN2S. The monoisotopic (exact) mass is 266 g/mol. The molecule has 0 spiro atoms. The van der Waals surface area contributed by atoms with E-state index in [1.807, 2.05) is 6.07 Å². The van der Waals surface area contributed by atoms with Gasteiger partial charge >= 0.3 is 0 Å². The first kappa shape index (κ1) is 13.4. The van der Waals surface area contributed by atoms with Crippen LogP contribution in [0.2, 0.25) is 0 Å². The van der Waals surface area contributed by atoms with E-state index in [0.29, 0.717) is 10.6 Å². The molecule has 98 valence electrons. The number of nitrogens with two attached hydrogens (primary N) is 1. The van der Waals surface area contributed by atoms with Crippen molar-refractivity contribution in [3.63, 3.8) is 0 Å². The van der Waals surface area contributed by atoms with E-state index < -0.39 is 0 Å².